The molecule has 146 valence electrons. The molecule has 6 heteroatoms. The van der Waals surface area contributed by atoms with Gasteiger partial charge in [0.2, 0.25) is 10.9 Å². The van der Waals surface area contributed by atoms with Crippen LogP contribution < -0.4 is 21.7 Å². The normalized spacial score (nSPS) is 11.8. The van der Waals surface area contributed by atoms with Crippen molar-refractivity contribution in [3.8, 4) is 0 Å². The molecule has 0 aliphatic carbocycles. The predicted octanol–water partition coefficient (Wildman–Crippen LogP) is 3.20. The Bertz CT molecular complexity index is 1750. The van der Waals surface area contributed by atoms with Crippen molar-refractivity contribution in [2.24, 2.45) is 0 Å². The number of hydrogen-bond acceptors (Lipinski definition) is 6. The molecular formula is C24H14O5S. The molecule has 0 saturated carbocycles. The van der Waals surface area contributed by atoms with E-state index in [-0.39, 0.29) is 58.4 Å². The third kappa shape index (κ3) is 2.50. The quantitative estimate of drug-likeness (QED) is 0.453. The van der Waals surface area contributed by atoms with Gasteiger partial charge in [-0.15, -0.1) is 11.3 Å². The van der Waals surface area contributed by atoms with E-state index in [0.29, 0.717) is 12.8 Å². The average Bonchev–Trinajstić information content (AvgIpc) is 3.16. The molecule has 30 heavy (non-hydrogen) atoms. The second kappa shape index (κ2) is 6.50. The van der Waals surface area contributed by atoms with Gasteiger partial charge in [-0.1, -0.05) is 30.3 Å². The van der Waals surface area contributed by atoms with E-state index < -0.39 is 10.9 Å². The van der Waals surface area contributed by atoms with Gasteiger partial charge in [-0.2, -0.15) is 0 Å². The predicted molar refractivity (Wildman–Crippen MR) is 121 cm³/mol. The van der Waals surface area contributed by atoms with Gasteiger partial charge in [-0.05, 0) is 31.0 Å². The van der Waals surface area contributed by atoms with Crippen molar-refractivity contribution in [1.82, 2.24) is 0 Å². The Morgan fingerprint density at radius 2 is 1.27 bits per heavy atom. The fraction of sp³-hybridized carbons (Fsp3) is 0.125. The Kier molecular flexibility index (Phi) is 4.01. The summed E-state index contributed by atoms with van der Waals surface area (Å²) in [4.78, 5) is 63.9. The lowest BCUT2D eigenvalue weighted by Gasteiger charge is -2.02. The third-order valence-electron chi connectivity index (χ3n) is 5.53. The number of carbonyl (C=O) groups excluding carboxylic acids is 1. The zero-order valence-corrected chi connectivity index (χ0v) is 16.7. The van der Waals surface area contributed by atoms with Crippen LogP contribution in [0.1, 0.15) is 18.9 Å². The molecule has 5 rings (SSSR count). The van der Waals surface area contributed by atoms with E-state index in [1.54, 1.807) is 42.5 Å². The van der Waals surface area contributed by atoms with Crippen molar-refractivity contribution in [3.63, 3.8) is 0 Å². The Morgan fingerprint density at radius 3 is 1.87 bits per heavy atom. The zero-order chi connectivity index (χ0) is 21.2. The van der Waals surface area contributed by atoms with Crippen LogP contribution in [0.4, 0.5) is 0 Å². The maximum atomic E-state index is 13.4. The van der Waals surface area contributed by atoms with Crippen molar-refractivity contribution >= 4 is 58.8 Å². The molecule has 5 aromatic rings. The van der Waals surface area contributed by atoms with Gasteiger partial charge in [0.25, 0.3) is 0 Å². The fourth-order valence-electron chi connectivity index (χ4n) is 4.03. The number of ketones is 1. The van der Waals surface area contributed by atoms with Gasteiger partial charge in [0.05, 0.1) is 20.2 Å². The van der Waals surface area contributed by atoms with E-state index in [2.05, 4.69) is 0 Å². The van der Waals surface area contributed by atoms with Crippen LogP contribution in [0.5, 0.6) is 0 Å². The van der Waals surface area contributed by atoms with Crippen LogP contribution in [0.25, 0.3) is 41.7 Å². The summed E-state index contributed by atoms with van der Waals surface area (Å²) >= 11 is 0.922. The molecule has 0 bridgehead atoms. The number of rotatable bonds is 3. The Labute approximate surface area is 172 Å². The number of thiophene rings is 1. The summed E-state index contributed by atoms with van der Waals surface area (Å²) in [5.41, 5.74) is -0.768. The summed E-state index contributed by atoms with van der Waals surface area (Å²) in [5, 5.41) is 1.08. The van der Waals surface area contributed by atoms with Gasteiger partial charge in [0.15, 0.2) is 10.9 Å². The molecule has 0 spiro atoms. The molecule has 0 amide bonds. The SMILES string of the molecule is CC(=O)CCc1ccc2c(=O)c3sc4c(=O)c5ccccc5c(=O)c4c3c(=O)c2c1. The van der Waals surface area contributed by atoms with E-state index in [1.165, 1.54) is 6.92 Å². The standard InChI is InChI=1S/C24H14O5S/c1-11(25)6-7-12-8-9-15-16(10-12)20(27)18-17-19(26)13-4-2-3-5-14(13)21(28)23(17)30-24(18)22(15)29/h2-5,8-10H,6-7H2,1H3. The number of Topliss-reactive ketones (excluding diaryl/α,β-unsaturated/α-hetero) is 1. The first-order chi connectivity index (χ1) is 14.4. The van der Waals surface area contributed by atoms with Crippen LogP contribution in [0.2, 0.25) is 0 Å². The monoisotopic (exact) mass is 414 g/mol. The summed E-state index contributed by atoms with van der Waals surface area (Å²) in [7, 11) is 0. The van der Waals surface area contributed by atoms with E-state index in [4.69, 9.17) is 0 Å². The van der Waals surface area contributed by atoms with Crippen molar-refractivity contribution in [2.75, 3.05) is 0 Å². The minimum Gasteiger partial charge on any atom is -0.300 e. The van der Waals surface area contributed by atoms with Gasteiger partial charge in [0, 0.05) is 28.0 Å². The van der Waals surface area contributed by atoms with Gasteiger partial charge in [-0.25, -0.2) is 0 Å². The van der Waals surface area contributed by atoms with Crippen LogP contribution in [-0.2, 0) is 11.2 Å². The van der Waals surface area contributed by atoms with Crippen molar-refractivity contribution in [2.45, 2.75) is 19.8 Å². The smallest absolute Gasteiger partial charge is 0.204 e. The molecule has 0 radical (unpaired) electrons. The minimum atomic E-state index is -0.428. The van der Waals surface area contributed by atoms with Crippen LogP contribution in [0, 0.1) is 0 Å². The highest BCUT2D eigenvalue weighted by molar-refractivity contribution is 7.25. The fourth-order valence-corrected chi connectivity index (χ4v) is 5.23. The molecule has 1 heterocycles. The molecule has 0 unspecified atom stereocenters. The largest absolute Gasteiger partial charge is 0.300 e. The second-order valence-corrected chi connectivity index (χ2v) is 8.47. The number of benzene rings is 4. The number of aryl methyl sites for hydroxylation is 1. The first kappa shape index (κ1) is 18.5. The molecule has 0 saturated heterocycles. The number of hydrogen-bond donors (Lipinski definition) is 0. The molecule has 4 aromatic carbocycles. The van der Waals surface area contributed by atoms with Crippen molar-refractivity contribution in [1.29, 1.82) is 0 Å². The molecule has 0 fully saturated rings. The van der Waals surface area contributed by atoms with E-state index >= 15 is 0 Å². The highest BCUT2D eigenvalue weighted by atomic mass is 32.1. The molecular weight excluding hydrogens is 400 g/mol. The topological polar surface area (TPSA) is 85.3 Å². The third-order valence-corrected chi connectivity index (χ3v) is 6.72. The van der Waals surface area contributed by atoms with Gasteiger partial charge in [0.1, 0.15) is 5.78 Å². The zero-order valence-electron chi connectivity index (χ0n) is 15.9. The Morgan fingerprint density at radius 1 is 0.733 bits per heavy atom. The summed E-state index contributed by atoms with van der Waals surface area (Å²) in [6.07, 6.45) is 0.799. The van der Waals surface area contributed by atoms with Crippen molar-refractivity contribution in [3.05, 3.63) is 88.9 Å². The Balaban J connectivity index is 1.98. The number of fused-ring (bicyclic) bond motifs is 5. The molecule has 1 aromatic heterocycles. The molecule has 0 aliphatic heterocycles. The number of carbonyl (C=O) groups is 1. The lowest BCUT2D eigenvalue weighted by molar-refractivity contribution is -0.116. The highest BCUT2D eigenvalue weighted by Gasteiger charge is 2.21. The lowest BCUT2D eigenvalue weighted by Crippen LogP contribution is -2.15. The van der Waals surface area contributed by atoms with Crippen LogP contribution in [0.3, 0.4) is 0 Å². The summed E-state index contributed by atoms with van der Waals surface area (Å²) in [5.74, 6) is 0.0343. The first-order valence-electron chi connectivity index (χ1n) is 9.45. The highest BCUT2D eigenvalue weighted by Crippen LogP contribution is 2.29. The van der Waals surface area contributed by atoms with Gasteiger partial charge in [-0.3, -0.25) is 19.2 Å². The summed E-state index contributed by atoms with van der Waals surface area (Å²) in [6.45, 7) is 1.50. The van der Waals surface area contributed by atoms with E-state index in [0.717, 1.165) is 16.9 Å². The average molecular weight is 414 g/mol. The molecule has 0 N–H and O–H groups in total. The first-order valence-corrected chi connectivity index (χ1v) is 10.3. The molecule has 0 atom stereocenters. The van der Waals surface area contributed by atoms with Crippen LogP contribution in [-0.4, -0.2) is 5.78 Å². The molecule has 0 aliphatic rings. The summed E-state index contributed by atoms with van der Waals surface area (Å²) in [6, 6.07) is 11.4. The Hall–Kier alpha value is -3.51. The van der Waals surface area contributed by atoms with Gasteiger partial charge >= 0.3 is 0 Å². The maximum Gasteiger partial charge on any atom is 0.204 e. The summed E-state index contributed by atoms with van der Waals surface area (Å²) < 4.78 is 0.290. The van der Waals surface area contributed by atoms with Crippen LogP contribution >= 0.6 is 11.3 Å². The van der Waals surface area contributed by atoms with E-state index in [9.17, 15) is 24.0 Å². The molecule has 5 nitrogen and oxygen atoms in total. The van der Waals surface area contributed by atoms with Crippen molar-refractivity contribution < 1.29 is 4.79 Å². The maximum absolute atomic E-state index is 13.4. The minimum absolute atomic E-state index is 0.0315. The van der Waals surface area contributed by atoms with E-state index in [1.807, 2.05) is 0 Å². The van der Waals surface area contributed by atoms with Crippen LogP contribution in [0.15, 0.2) is 61.6 Å². The second-order valence-electron chi connectivity index (χ2n) is 7.45. The van der Waals surface area contributed by atoms with Gasteiger partial charge < -0.3 is 4.79 Å². The lowest BCUT2D eigenvalue weighted by atomic mass is 9.99.